The van der Waals surface area contributed by atoms with Crippen molar-refractivity contribution >= 4 is 11.6 Å². The molecule has 0 amide bonds. The molecule has 154 valence electrons. The summed E-state index contributed by atoms with van der Waals surface area (Å²) in [7, 11) is 1.64. The number of methoxy groups -OCH3 is 1. The predicted octanol–water partition coefficient (Wildman–Crippen LogP) is 4.86. The molecule has 28 heavy (non-hydrogen) atoms. The van der Waals surface area contributed by atoms with Gasteiger partial charge in [-0.1, -0.05) is 20.8 Å². The molecule has 0 aromatic carbocycles. The van der Waals surface area contributed by atoms with Crippen LogP contribution in [0.25, 0.3) is 11.3 Å². The van der Waals surface area contributed by atoms with Crippen LogP contribution >= 0.6 is 0 Å². The van der Waals surface area contributed by atoms with Gasteiger partial charge in [-0.3, -0.25) is 0 Å². The van der Waals surface area contributed by atoms with Crippen LogP contribution in [0.4, 0.5) is 11.6 Å². The fraction of sp³-hybridized carbons (Fsp3) is 0.591. The lowest BCUT2D eigenvalue weighted by atomic mass is 10.0. The lowest BCUT2D eigenvalue weighted by molar-refractivity contribution is 0.397. The second-order valence-electron chi connectivity index (χ2n) is 6.90. The molecule has 0 saturated carbocycles. The topological polar surface area (TPSA) is 63.2 Å². The highest BCUT2D eigenvalue weighted by Gasteiger charge is 2.18. The van der Waals surface area contributed by atoms with E-state index < -0.39 is 0 Å². The van der Waals surface area contributed by atoms with Crippen molar-refractivity contribution < 1.29 is 4.74 Å². The molecule has 0 aliphatic rings. The third kappa shape index (κ3) is 4.72. The van der Waals surface area contributed by atoms with Crippen LogP contribution in [0.2, 0.25) is 0 Å². The van der Waals surface area contributed by atoms with Crippen molar-refractivity contribution in [3.05, 3.63) is 23.5 Å². The second kappa shape index (κ2) is 10.2. The summed E-state index contributed by atoms with van der Waals surface area (Å²) in [5.41, 5.74) is 3.96. The number of rotatable bonds is 10. The molecule has 2 heterocycles. The van der Waals surface area contributed by atoms with E-state index >= 15 is 0 Å². The molecular weight excluding hydrogens is 350 g/mol. The molecule has 6 heteroatoms. The second-order valence-corrected chi connectivity index (χ2v) is 6.90. The Hall–Kier alpha value is -2.37. The van der Waals surface area contributed by atoms with Gasteiger partial charge in [0.1, 0.15) is 5.82 Å². The fourth-order valence-corrected chi connectivity index (χ4v) is 3.39. The molecule has 0 aliphatic heterocycles. The lowest BCUT2D eigenvalue weighted by Crippen LogP contribution is -2.23. The van der Waals surface area contributed by atoms with Gasteiger partial charge in [0.25, 0.3) is 5.88 Å². The van der Waals surface area contributed by atoms with E-state index in [9.17, 15) is 0 Å². The van der Waals surface area contributed by atoms with Crippen LogP contribution in [0.1, 0.15) is 58.7 Å². The zero-order valence-electron chi connectivity index (χ0n) is 18.5. The number of aromatic nitrogens is 3. The molecule has 0 fully saturated rings. The van der Waals surface area contributed by atoms with Gasteiger partial charge in [0.15, 0.2) is 5.82 Å². The summed E-state index contributed by atoms with van der Waals surface area (Å²) in [6, 6.07) is 2.53. The van der Waals surface area contributed by atoms with Gasteiger partial charge in [-0.2, -0.15) is 0 Å². The minimum absolute atomic E-state index is 0.356. The molecule has 0 saturated heterocycles. The summed E-state index contributed by atoms with van der Waals surface area (Å²) in [4.78, 5) is 16.5. The number of ether oxygens (including phenoxy) is 1. The normalized spacial score (nSPS) is 11.0. The zero-order valence-corrected chi connectivity index (χ0v) is 18.5. The van der Waals surface area contributed by atoms with Crippen LogP contribution in [0.15, 0.2) is 12.3 Å². The number of anilines is 2. The van der Waals surface area contributed by atoms with E-state index in [0.717, 1.165) is 55.1 Å². The maximum absolute atomic E-state index is 5.56. The Bertz CT molecular complexity index is 770. The number of nitrogens with zero attached hydrogens (tertiary/aromatic N) is 4. The highest BCUT2D eigenvalue weighted by atomic mass is 16.5. The predicted molar refractivity (Wildman–Crippen MR) is 117 cm³/mol. The molecular formula is C22H35N5O. The Morgan fingerprint density at radius 2 is 1.75 bits per heavy atom. The van der Waals surface area contributed by atoms with Crippen molar-refractivity contribution in [1.29, 1.82) is 0 Å². The van der Waals surface area contributed by atoms with Crippen molar-refractivity contribution in [1.82, 2.24) is 15.0 Å². The van der Waals surface area contributed by atoms with Gasteiger partial charge in [0, 0.05) is 30.9 Å². The van der Waals surface area contributed by atoms with E-state index in [1.807, 2.05) is 13.1 Å². The lowest BCUT2D eigenvalue weighted by Gasteiger charge is -2.22. The Kier molecular flexibility index (Phi) is 8.03. The molecule has 2 rings (SSSR count). The number of nitrogens with one attached hydrogen (secondary N) is 1. The molecule has 2 aromatic heterocycles. The first-order chi connectivity index (χ1) is 13.5. The smallest absolute Gasteiger partial charge is 0.257 e. The highest BCUT2D eigenvalue weighted by molar-refractivity contribution is 5.69. The standard InChI is InChI=1S/C22H35N5O/c1-8-16-13-19(27(11-4)12-5)23-14-18(16)20-15(6)24-21(22(26-20)28-7)25-17(9-2)10-3/h13-14,17H,8-12H2,1-7H3,(H,24,25). The third-order valence-electron chi connectivity index (χ3n) is 5.26. The van der Waals surface area contributed by atoms with Gasteiger partial charge >= 0.3 is 0 Å². The van der Waals surface area contributed by atoms with Gasteiger partial charge in [0.2, 0.25) is 0 Å². The fourth-order valence-electron chi connectivity index (χ4n) is 3.39. The Morgan fingerprint density at radius 3 is 2.29 bits per heavy atom. The molecule has 0 unspecified atom stereocenters. The van der Waals surface area contributed by atoms with Gasteiger partial charge in [0.05, 0.1) is 18.5 Å². The first kappa shape index (κ1) is 21.9. The first-order valence-electron chi connectivity index (χ1n) is 10.5. The van der Waals surface area contributed by atoms with Gasteiger partial charge in [-0.05, 0) is 51.7 Å². The summed E-state index contributed by atoms with van der Waals surface area (Å²) < 4.78 is 5.56. The third-order valence-corrected chi connectivity index (χ3v) is 5.26. The number of aryl methyl sites for hydroxylation is 2. The zero-order chi connectivity index (χ0) is 20.7. The van der Waals surface area contributed by atoms with E-state index in [2.05, 4.69) is 50.9 Å². The molecule has 0 bridgehead atoms. The molecule has 1 N–H and O–H groups in total. The minimum Gasteiger partial charge on any atom is -0.478 e. The van der Waals surface area contributed by atoms with E-state index in [1.165, 1.54) is 5.56 Å². The number of pyridine rings is 1. The maximum Gasteiger partial charge on any atom is 0.257 e. The van der Waals surface area contributed by atoms with Crippen LogP contribution in [-0.4, -0.2) is 41.2 Å². The molecule has 0 spiro atoms. The SMILES string of the molecule is CCc1cc(N(CC)CC)ncc1-c1nc(OC)c(NC(CC)CC)nc1C. The Morgan fingerprint density at radius 1 is 1.07 bits per heavy atom. The largest absolute Gasteiger partial charge is 0.478 e. The van der Waals surface area contributed by atoms with Crippen LogP contribution in [0.3, 0.4) is 0 Å². The summed E-state index contributed by atoms with van der Waals surface area (Å²) in [6.45, 7) is 14.7. The van der Waals surface area contributed by atoms with Gasteiger partial charge < -0.3 is 15.0 Å². The van der Waals surface area contributed by atoms with Crippen LogP contribution in [0, 0.1) is 6.92 Å². The number of hydrogen-bond donors (Lipinski definition) is 1. The summed E-state index contributed by atoms with van der Waals surface area (Å²) in [5, 5.41) is 3.46. The van der Waals surface area contributed by atoms with E-state index in [-0.39, 0.29) is 0 Å². The van der Waals surface area contributed by atoms with E-state index in [0.29, 0.717) is 17.7 Å². The average Bonchev–Trinajstić information content (AvgIpc) is 2.73. The first-order valence-corrected chi connectivity index (χ1v) is 10.5. The van der Waals surface area contributed by atoms with Crippen molar-refractivity contribution in [2.24, 2.45) is 0 Å². The maximum atomic E-state index is 5.56. The van der Waals surface area contributed by atoms with Gasteiger partial charge in [-0.25, -0.2) is 15.0 Å². The number of hydrogen-bond acceptors (Lipinski definition) is 6. The Balaban J connectivity index is 2.49. The average molecular weight is 386 g/mol. The van der Waals surface area contributed by atoms with Crippen molar-refractivity contribution in [2.75, 3.05) is 30.4 Å². The summed E-state index contributed by atoms with van der Waals surface area (Å²) >= 11 is 0. The van der Waals surface area contributed by atoms with E-state index in [4.69, 9.17) is 19.7 Å². The molecule has 0 radical (unpaired) electrons. The van der Waals surface area contributed by atoms with E-state index in [1.54, 1.807) is 7.11 Å². The van der Waals surface area contributed by atoms with Crippen LogP contribution in [0.5, 0.6) is 5.88 Å². The van der Waals surface area contributed by atoms with Crippen LogP contribution < -0.4 is 15.0 Å². The minimum atomic E-state index is 0.356. The monoisotopic (exact) mass is 385 g/mol. The van der Waals surface area contributed by atoms with Crippen LogP contribution in [-0.2, 0) is 6.42 Å². The van der Waals surface area contributed by atoms with Crippen molar-refractivity contribution in [3.8, 4) is 17.1 Å². The van der Waals surface area contributed by atoms with Gasteiger partial charge in [-0.15, -0.1) is 0 Å². The summed E-state index contributed by atoms with van der Waals surface area (Å²) in [5.74, 6) is 2.25. The highest BCUT2D eigenvalue weighted by Crippen LogP contribution is 2.31. The molecule has 0 aliphatic carbocycles. The Labute approximate surface area is 169 Å². The van der Waals surface area contributed by atoms with Crippen molar-refractivity contribution in [2.45, 2.75) is 66.8 Å². The quantitative estimate of drug-likeness (QED) is 0.630. The molecule has 0 atom stereocenters. The molecule has 2 aromatic rings. The summed E-state index contributed by atoms with van der Waals surface area (Å²) in [6.07, 6.45) is 4.89. The molecule has 6 nitrogen and oxygen atoms in total. The van der Waals surface area contributed by atoms with Crippen molar-refractivity contribution in [3.63, 3.8) is 0 Å².